The lowest BCUT2D eigenvalue weighted by Gasteiger charge is -2.39. The molecular weight excluding hydrogens is 256 g/mol. The van der Waals surface area contributed by atoms with Crippen LogP contribution in [0.2, 0.25) is 0 Å². The number of fused-ring (bicyclic) bond motifs is 2. The van der Waals surface area contributed by atoms with Crippen molar-refractivity contribution in [1.82, 2.24) is 9.80 Å². The molecule has 1 amide bonds. The van der Waals surface area contributed by atoms with Crippen molar-refractivity contribution in [1.29, 1.82) is 0 Å². The van der Waals surface area contributed by atoms with Crippen molar-refractivity contribution in [2.75, 3.05) is 39.5 Å². The minimum Gasteiger partial charge on any atom is -0.381 e. The lowest BCUT2D eigenvalue weighted by Crippen LogP contribution is -2.53. The van der Waals surface area contributed by atoms with Crippen LogP contribution in [0.3, 0.4) is 0 Å². The van der Waals surface area contributed by atoms with E-state index >= 15 is 0 Å². The Kier molecular flexibility index (Phi) is 3.05. The van der Waals surface area contributed by atoms with Crippen molar-refractivity contribution in [3.63, 3.8) is 0 Å². The van der Waals surface area contributed by atoms with Crippen LogP contribution in [0, 0.1) is 17.8 Å². The number of carbonyl (C=O) groups excluding carboxylic acids is 1. The van der Waals surface area contributed by atoms with Gasteiger partial charge in [-0.3, -0.25) is 9.69 Å². The summed E-state index contributed by atoms with van der Waals surface area (Å²) in [6.07, 6.45) is 0.213. The highest BCUT2D eigenvalue weighted by atomic mass is 16.5. The zero-order chi connectivity index (χ0) is 13.9. The highest BCUT2D eigenvalue weighted by Crippen LogP contribution is 2.51. The summed E-state index contributed by atoms with van der Waals surface area (Å²) in [4.78, 5) is 17.2. The van der Waals surface area contributed by atoms with Crippen LogP contribution in [0.25, 0.3) is 0 Å². The summed E-state index contributed by atoms with van der Waals surface area (Å²) in [6.45, 7) is 9.45. The van der Waals surface area contributed by atoms with E-state index in [0.29, 0.717) is 29.8 Å². The standard InChI is InChI=1S/C15H24N2O3/c1-9(2)17-3-4-20-13-6-16(5-12(13)17)15(18)14-10-7-19-8-11(10)14/h9-14H,3-8H2,1-2H3/t10-,11+,12?,13?,14?. The topological polar surface area (TPSA) is 42.0 Å². The highest BCUT2D eigenvalue weighted by Gasteiger charge is 2.60. The zero-order valence-corrected chi connectivity index (χ0v) is 12.3. The van der Waals surface area contributed by atoms with E-state index in [4.69, 9.17) is 9.47 Å². The van der Waals surface area contributed by atoms with Gasteiger partial charge in [0.25, 0.3) is 0 Å². The van der Waals surface area contributed by atoms with Crippen LogP contribution in [0.15, 0.2) is 0 Å². The molecular formula is C15H24N2O3. The van der Waals surface area contributed by atoms with Gasteiger partial charge in [-0.1, -0.05) is 0 Å². The van der Waals surface area contributed by atoms with Crippen LogP contribution >= 0.6 is 0 Å². The van der Waals surface area contributed by atoms with E-state index < -0.39 is 0 Å². The summed E-state index contributed by atoms with van der Waals surface area (Å²) < 4.78 is 11.3. The third kappa shape index (κ3) is 1.90. The first-order chi connectivity index (χ1) is 9.66. The zero-order valence-electron chi connectivity index (χ0n) is 12.3. The van der Waals surface area contributed by atoms with E-state index in [9.17, 15) is 4.79 Å². The molecule has 3 heterocycles. The molecule has 4 rings (SSSR count). The maximum atomic E-state index is 12.6. The second-order valence-corrected chi connectivity index (χ2v) is 6.94. The average molecular weight is 280 g/mol. The van der Waals surface area contributed by atoms with Crippen molar-refractivity contribution in [3.8, 4) is 0 Å². The van der Waals surface area contributed by atoms with E-state index in [1.165, 1.54) is 0 Å². The monoisotopic (exact) mass is 280 g/mol. The van der Waals surface area contributed by atoms with Gasteiger partial charge >= 0.3 is 0 Å². The second kappa shape index (κ2) is 4.68. The van der Waals surface area contributed by atoms with Gasteiger partial charge in [0.15, 0.2) is 0 Å². The van der Waals surface area contributed by atoms with Crippen molar-refractivity contribution in [3.05, 3.63) is 0 Å². The van der Waals surface area contributed by atoms with Crippen LogP contribution in [0.4, 0.5) is 0 Å². The maximum Gasteiger partial charge on any atom is 0.226 e. The fourth-order valence-corrected chi connectivity index (χ4v) is 4.35. The third-order valence-corrected chi connectivity index (χ3v) is 5.56. The van der Waals surface area contributed by atoms with E-state index in [0.717, 1.165) is 39.5 Å². The smallest absolute Gasteiger partial charge is 0.226 e. The largest absolute Gasteiger partial charge is 0.381 e. The van der Waals surface area contributed by atoms with E-state index in [-0.39, 0.29) is 12.0 Å². The molecule has 0 bridgehead atoms. The Morgan fingerprint density at radius 1 is 1.20 bits per heavy atom. The van der Waals surface area contributed by atoms with Gasteiger partial charge in [0.05, 0.1) is 32.0 Å². The quantitative estimate of drug-likeness (QED) is 0.724. The molecule has 0 spiro atoms. The normalized spacial score (nSPS) is 43.8. The summed E-state index contributed by atoms with van der Waals surface area (Å²) in [5, 5.41) is 0. The fourth-order valence-electron chi connectivity index (χ4n) is 4.35. The van der Waals surface area contributed by atoms with Crippen LogP contribution in [0.5, 0.6) is 0 Å². The average Bonchev–Trinajstić information content (AvgIpc) is 2.83. The van der Waals surface area contributed by atoms with Gasteiger partial charge in [0, 0.05) is 31.6 Å². The fraction of sp³-hybridized carbons (Fsp3) is 0.933. The van der Waals surface area contributed by atoms with Gasteiger partial charge in [-0.15, -0.1) is 0 Å². The number of morpholine rings is 1. The first kappa shape index (κ1) is 13.0. The van der Waals surface area contributed by atoms with Gasteiger partial charge in [-0.2, -0.15) is 0 Å². The molecule has 3 saturated heterocycles. The molecule has 1 saturated carbocycles. The summed E-state index contributed by atoms with van der Waals surface area (Å²) in [5.74, 6) is 1.61. The first-order valence-corrected chi connectivity index (χ1v) is 7.90. The number of amides is 1. The summed E-state index contributed by atoms with van der Waals surface area (Å²) in [5.41, 5.74) is 0. The van der Waals surface area contributed by atoms with Crippen molar-refractivity contribution in [2.24, 2.45) is 17.8 Å². The molecule has 3 aliphatic heterocycles. The molecule has 4 fully saturated rings. The van der Waals surface area contributed by atoms with E-state index in [1.54, 1.807) is 0 Å². The summed E-state index contributed by atoms with van der Waals surface area (Å²) >= 11 is 0. The Morgan fingerprint density at radius 3 is 2.65 bits per heavy atom. The lowest BCUT2D eigenvalue weighted by molar-refractivity contribution is -0.133. The van der Waals surface area contributed by atoms with Crippen molar-refractivity contribution >= 4 is 5.91 Å². The molecule has 112 valence electrons. The van der Waals surface area contributed by atoms with Crippen molar-refractivity contribution in [2.45, 2.75) is 32.0 Å². The first-order valence-electron chi connectivity index (χ1n) is 7.90. The Hall–Kier alpha value is -0.650. The minimum absolute atomic E-state index is 0.213. The molecule has 4 aliphatic rings. The Labute approximate surface area is 120 Å². The van der Waals surface area contributed by atoms with Gasteiger partial charge < -0.3 is 14.4 Å². The number of hydrogen-bond donors (Lipinski definition) is 0. The molecule has 20 heavy (non-hydrogen) atoms. The van der Waals surface area contributed by atoms with Gasteiger partial charge in [-0.05, 0) is 25.7 Å². The molecule has 0 aromatic heterocycles. The molecule has 1 aliphatic carbocycles. The number of hydrogen-bond acceptors (Lipinski definition) is 4. The lowest BCUT2D eigenvalue weighted by atomic mass is 10.1. The van der Waals surface area contributed by atoms with Gasteiger partial charge in [0.2, 0.25) is 5.91 Å². The second-order valence-electron chi connectivity index (χ2n) is 6.94. The molecule has 5 nitrogen and oxygen atoms in total. The highest BCUT2D eigenvalue weighted by molar-refractivity contribution is 5.83. The van der Waals surface area contributed by atoms with Crippen LogP contribution < -0.4 is 0 Å². The SMILES string of the molecule is CC(C)N1CCOC2CN(C(=O)C3[C@H]4COC[C@@H]34)CC21. The number of nitrogens with zero attached hydrogens (tertiary/aromatic N) is 2. The Bertz CT molecular complexity index is 404. The van der Waals surface area contributed by atoms with Gasteiger partial charge in [0.1, 0.15) is 0 Å². The minimum atomic E-state index is 0.213. The number of likely N-dealkylation sites (tertiary alicyclic amines) is 1. The third-order valence-electron chi connectivity index (χ3n) is 5.56. The molecule has 5 atom stereocenters. The summed E-state index contributed by atoms with van der Waals surface area (Å²) in [7, 11) is 0. The molecule has 5 heteroatoms. The summed E-state index contributed by atoms with van der Waals surface area (Å²) in [6, 6.07) is 0.915. The number of ether oxygens (including phenoxy) is 2. The van der Waals surface area contributed by atoms with Gasteiger partial charge in [-0.25, -0.2) is 0 Å². The van der Waals surface area contributed by atoms with Crippen LogP contribution in [-0.4, -0.2) is 73.3 Å². The van der Waals surface area contributed by atoms with Crippen LogP contribution in [-0.2, 0) is 14.3 Å². The predicted octanol–water partition coefficient (Wildman–Crippen LogP) is 0.199. The van der Waals surface area contributed by atoms with Crippen LogP contribution in [0.1, 0.15) is 13.8 Å². The molecule has 0 N–H and O–H groups in total. The molecule has 0 aromatic carbocycles. The van der Waals surface area contributed by atoms with E-state index in [2.05, 4.69) is 23.6 Å². The Morgan fingerprint density at radius 2 is 1.95 bits per heavy atom. The predicted molar refractivity (Wildman–Crippen MR) is 73.2 cm³/mol. The number of rotatable bonds is 2. The van der Waals surface area contributed by atoms with Crippen molar-refractivity contribution < 1.29 is 14.3 Å². The maximum absolute atomic E-state index is 12.6. The Balaban J connectivity index is 1.43. The molecule has 0 aromatic rings. The van der Waals surface area contributed by atoms with E-state index in [1.807, 2.05) is 0 Å². The molecule has 0 radical (unpaired) electrons. The number of carbonyl (C=O) groups is 1. The molecule has 3 unspecified atom stereocenters.